The summed E-state index contributed by atoms with van der Waals surface area (Å²) in [5.41, 5.74) is -0.790. The number of ether oxygens (including phenoxy) is 1. The molecule has 11 heteroatoms. The minimum atomic E-state index is -1.21. The third-order valence-electron chi connectivity index (χ3n) is 5.87. The number of nitro groups is 1. The number of nitrogens with zero attached hydrogens (tertiary/aromatic N) is 2. The first-order chi connectivity index (χ1) is 18.3. The number of methoxy groups -OCH3 is 1. The molecule has 0 heterocycles. The van der Waals surface area contributed by atoms with Crippen LogP contribution in [0, 0.1) is 28.7 Å². The molecule has 0 amide bonds. The molecule has 3 aromatic carbocycles. The summed E-state index contributed by atoms with van der Waals surface area (Å²) in [5, 5.41) is 15.0. The minimum Gasteiger partial charge on any atom is -0.497 e. The van der Waals surface area contributed by atoms with E-state index in [-0.39, 0.29) is 38.6 Å². The fourth-order valence-electron chi connectivity index (χ4n) is 4.12. The Hall–Kier alpha value is -3.46. The maximum Gasteiger partial charge on any atom is 0.310 e. The second kappa shape index (κ2) is 12.2. The Morgan fingerprint density at radius 3 is 2.38 bits per heavy atom. The molecular formula is C28H27BrClF2N3O4. The van der Waals surface area contributed by atoms with Gasteiger partial charge in [-0.25, -0.2) is 9.18 Å². The fraction of sp³-hybridized carbons (Fsp3) is 0.286. The Bertz CT molecular complexity index is 1440. The number of nitrogens with one attached hydrogen (secondary N) is 1. The van der Waals surface area contributed by atoms with Gasteiger partial charge in [0.25, 0.3) is 0 Å². The van der Waals surface area contributed by atoms with E-state index in [1.807, 2.05) is 5.94 Å². The molecule has 0 bridgehead atoms. The molecule has 39 heavy (non-hydrogen) atoms. The van der Waals surface area contributed by atoms with Gasteiger partial charge in [-0.1, -0.05) is 39.7 Å². The van der Waals surface area contributed by atoms with Crippen LogP contribution < -0.4 is 15.0 Å². The Labute approximate surface area is 238 Å². The van der Waals surface area contributed by atoms with Crippen LogP contribution in [0.2, 0.25) is 5.02 Å². The molecule has 0 saturated carbocycles. The van der Waals surface area contributed by atoms with Crippen LogP contribution in [0.1, 0.15) is 43.5 Å². The van der Waals surface area contributed by atoms with E-state index in [0.717, 1.165) is 12.1 Å². The van der Waals surface area contributed by atoms with Gasteiger partial charge in [0.05, 0.1) is 17.7 Å². The Balaban J connectivity index is 2.40. The third-order valence-corrected chi connectivity index (χ3v) is 7.04. The largest absolute Gasteiger partial charge is 0.497 e. The molecule has 0 aliphatic rings. The summed E-state index contributed by atoms with van der Waals surface area (Å²) in [7, 11) is 1.51. The van der Waals surface area contributed by atoms with Crippen LogP contribution in [0.15, 0.2) is 58.7 Å². The van der Waals surface area contributed by atoms with Crippen molar-refractivity contribution in [2.75, 3.05) is 12.0 Å². The summed E-state index contributed by atoms with van der Waals surface area (Å²) in [6.45, 7) is 6.77. The van der Waals surface area contributed by atoms with Crippen LogP contribution >= 0.6 is 27.5 Å². The van der Waals surface area contributed by atoms with Crippen molar-refractivity contribution in [3.8, 4) is 5.75 Å². The number of benzene rings is 3. The van der Waals surface area contributed by atoms with Crippen molar-refractivity contribution in [1.82, 2.24) is 5.32 Å². The summed E-state index contributed by atoms with van der Waals surface area (Å²) >= 11 is 9.83. The zero-order valence-corrected chi connectivity index (χ0v) is 24.3. The summed E-state index contributed by atoms with van der Waals surface area (Å²) in [5.74, 6) is 0.712. The number of nitro benzene ring substituents is 1. The quantitative estimate of drug-likeness (QED) is 0.152. The fourth-order valence-corrected chi connectivity index (χ4v) is 4.74. The molecule has 0 saturated heterocycles. The van der Waals surface area contributed by atoms with Crippen molar-refractivity contribution >= 4 is 44.8 Å². The lowest BCUT2D eigenvalue weighted by Gasteiger charge is -2.37. The lowest BCUT2D eigenvalue weighted by Crippen LogP contribution is -2.42. The lowest BCUT2D eigenvalue weighted by molar-refractivity contribution is -0.388. The standard InChI is InChI=1S/C28H27BrClF2N3O4/c1-16-21(29)13-24(25(32)26(16)35(37)38)34(14-17-6-9-19(39-5)10-7-17)27(23(15-36)33-28(2,3)4)20-12-18(31)8-11-22(20)30/h6-13,27,33H,14H2,1-5H3. The van der Waals surface area contributed by atoms with E-state index < -0.39 is 33.8 Å². The molecule has 1 N–H and O–H groups in total. The van der Waals surface area contributed by atoms with Gasteiger partial charge in [0.15, 0.2) is 0 Å². The molecule has 0 fully saturated rings. The molecule has 0 aromatic heterocycles. The Kier molecular flexibility index (Phi) is 9.38. The molecule has 0 aliphatic carbocycles. The Morgan fingerprint density at radius 1 is 1.21 bits per heavy atom. The lowest BCUT2D eigenvalue weighted by atomic mass is 9.97. The highest BCUT2D eigenvalue weighted by Crippen LogP contribution is 2.43. The second-order valence-electron chi connectivity index (χ2n) is 9.86. The molecule has 3 aromatic rings. The van der Waals surface area contributed by atoms with Gasteiger partial charge in [0.1, 0.15) is 29.2 Å². The molecule has 1 unspecified atom stereocenters. The zero-order chi connectivity index (χ0) is 29.1. The summed E-state index contributed by atoms with van der Waals surface area (Å²) in [6.07, 6.45) is 0. The van der Waals surface area contributed by atoms with Gasteiger partial charge in [-0.2, -0.15) is 4.39 Å². The number of carbonyl (C=O) groups excluding carboxylic acids is 1. The molecule has 3 rings (SSSR count). The Morgan fingerprint density at radius 2 is 1.85 bits per heavy atom. The number of halogens is 4. The number of anilines is 1. The van der Waals surface area contributed by atoms with Gasteiger partial charge in [0, 0.05) is 32.7 Å². The monoisotopic (exact) mass is 621 g/mol. The van der Waals surface area contributed by atoms with Crippen molar-refractivity contribution in [2.45, 2.75) is 45.8 Å². The van der Waals surface area contributed by atoms with Gasteiger partial charge in [0.2, 0.25) is 5.82 Å². The smallest absolute Gasteiger partial charge is 0.310 e. The van der Waals surface area contributed by atoms with Crippen molar-refractivity contribution < 1.29 is 23.2 Å². The second-order valence-corrected chi connectivity index (χ2v) is 11.1. The summed E-state index contributed by atoms with van der Waals surface area (Å²) in [6, 6.07) is 10.7. The number of hydrogen-bond acceptors (Lipinski definition) is 6. The van der Waals surface area contributed by atoms with Crippen molar-refractivity contribution in [2.24, 2.45) is 0 Å². The highest BCUT2D eigenvalue weighted by Gasteiger charge is 2.35. The predicted octanol–water partition coefficient (Wildman–Crippen LogP) is 7.46. The van der Waals surface area contributed by atoms with Gasteiger partial charge in [-0.15, -0.1) is 0 Å². The molecule has 0 aliphatic heterocycles. The van der Waals surface area contributed by atoms with Crippen LogP contribution in [0.5, 0.6) is 5.75 Å². The van der Waals surface area contributed by atoms with Crippen LogP contribution in [0.4, 0.5) is 20.2 Å². The van der Waals surface area contributed by atoms with Crippen LogP contribution in [0.25, 0.3) is 0 Å². The van der Waals surface area contributed by atoms with Crippen molar-refractivity contribution in [3.63, 3.8) is 0 Å². The van der Waals surface area contributed by atoms with E-state index >= 15 is 4.39 Å². The normalized spacial score (nSPS) is 11.9. The first-order valence-corrected chi connectivity index (χ1v) is 12.9. The topological polar surface area (TPSA) is 84.7 Å². The number of rotatable bonds is 9. The maximum absolute atomic E-state index is 16.0. The van der Waals surface area contributed by atoms with Crippen molar-refractivity contribution in [3.05, 3.63) is 102 Å². The van der Waals surface area contributed by atoms with E-state index in [9.17, 15) is 19.3 Å². The van der Waals surface area contributed by atoms with E-state index in [2.05, 4.69) is 21.2 Å². The number of hydrogen-bond donors (Lipinski definition) is 1. The molecule has 1 atom stereocenters. The average Bonchev–Trinajstić information content (AvgIpc) is 2.86. The van der Waals surface area contributed by atoms with Gasteiger partial charge >= 0.3 is 5.69 Å². The van der Waals surface area contributed by atoms with E-state index in [4.69, 9.17) is 16.3 Å². The van der Waals surface area contributed by atoms with Crippen molar-refractivity contribution in [1.29, 1.82) is 0 Å². The average molecular weight is 623 g/mol. The predicted molar refractivity (Wildman–Crippen MR) is 151 cm³/mol. The van der Waals surface area contributed by atoms with E-state index in [0.29, 0.717) is 11.3 Å². The molecule has 206 valence electrons. The van der Waals surface area contributed by atoms with E-state index in [1.165, 1.54) is 31.1 Å². The summed E-state index contributed by atoms with van der Waals surface area (Å²) < 4.78 is 36.1. The molecule has 0 radical (unpaired) electrons. The van der Waals surface area contributed by atoms with Crippen LogP contribution in [0.3, 0.4) is 0 Å². The highest BCUT2D eigenvalue weighted by atomic mass is 79.9. The minimum absolute atomic E-state index is 0.0535. The highest BCUT2D eigenvalue weighted by molar-refractivity contribution is 9.10. The zero-order valence-electron chi connectivity index (χ0n) is 21.9. The van der Waals surface area contributed by atoms with Gasteiger partial charge in [-0.05, 0) is 69.7 Å². The maximum atomic E-state index is 16.0. The third kappa shape index (κ3) is 6.95. The molecule has 7 nitrogen and oxygen atoms in total. The first kappa shape index (κ1) is 30.1. The van der Waals surface area contributed by atoms with Crippen LogP contribution in [-0.4, -0.2) is 23.5 Å². The van der Waals surface area contributed by atoms with Crippen LogP contribution in [-0.2, 0) is 11.3 Å². The molecule has 0 spiro atoms. The SMILES string of the molecule is COc1ccc(CN(c2cc(Br)c(C)c([N+](=O)[O-])c2F)C(C(=C=O)NC(C)(C)C)c2cc(F)ccc2Cl)cc1. The van der Waals surface area contributed by atoms with Gasteiger partial charge in [-0.3, -0.25) is 10.1 Å². The summed E-state index contributed by atoms with van der Waals surface area (Å²) in [4.78, 5) is 24.9. The first-order valence-electron chi connectivity index (χ1n) is 11.8. The van der Waals surface area contributed by atoms with Gasteiger partial charge < -0.3 is 15.0 Å². The van der Waals surface area contributed by atoms with E-state index in [1.54, 1.807) is 45.0 Å². The molecular weight excluding hydrogens is 596 g/mol.